The van der Waals surface area contributed by atoms with Gasteiger partial charge in [-0.15, -0.1) is 5.10 Å². The zero-order valence-electron chi connectivity index (χ0n) is 13.3. The molecule has 2 rings (SSSR count). The number of halogens is 3. The first-order chi connectivity index (χ1) is 10.5. The van der Waals surface area contributed by atoms with E-state index in [2.05, 4.69) is 15.4 Å². The number of aromatic nitrogens is 3. The fraction of sp³-hybridized carbons (Fsp3) is 0.571. The molecule has 0 aliphatic heterocycles. The lowest BCUT2D eigenvalue weighted by Crippen LogP contribution is -2.32. The van der Waals surface area contributed by atoms with Crippen molar-refractivity contribution in [1.82, 2.24) is 14.6 Å². The molecule has 0 amide bonds. The van der Waals surface area contributed by atoms with Gasteiger partial charge in [0.15, 0.2) is 11.8 Å². The van der Waals surface area contributed by atoms with Gasteiger partial charge in [0.25, 0.3) is 0 Å². The van der Waals surface area contributed by atoms with Crippen LogP contribution in [-0.4, -0.2) is 38.5 Å². The summed E-state index contributed by atoms with van der Waals surface area (Å²) in [6.45, 7) is 6.42. The van der Waals surface area contributed by atoms with Crippen LogP contribution in [0.3, 0.4) is 0 Å². The number of alkyl halides is 3. The van der Waals surface area contributed by atoms with Gasteiger partial charge in [0, 0.05) is 18.2 Å². The highest BCUT2D eigenvalue weighted by Crippen LogP contribution is 2.30. The Kier molecular flexibility index (Phi) is 4.43. The number of hydrogen-bond donors (Lipinski definition) is 2. The van der Waals surface area contributed by atoms with Crippen molar-refractivity contribution in [3.63, 3.8) is 0 Å². The average Bonchev–Trinajstić information content (AvgIpc) is 2.80. The third-order valence-corrected chi connectivity index (χ3v) is 3.20. The number of fused-ring (bicyclic) bond motifs is 1. The standard InChI is InChI=1S/C14H19F3N4O2/c1-5-18-12-19-11-9(13(3,4)22)6-7-10(21(11)20-12)23-8(2)14(15,16)17/h6-8,22H,5H2,1-4H3,(H,18,20)/t8-/m0/s1. The number of nitrogens with one attached hydrogen (secondary N) is 1. The van der Waals surface area contributed by atoms with Crippen LogP contribution in [0.4, 0.5) is 19.1 Å². The maximum absolute atomic E-state index is 12.7. The van der Waals surface area contributed by atoms with E-state index in [1.165, 1.54) is 12.1 Å². The molecule has 0 bridgehead atoms. The van der Waals surface area contributed by atoms with E-state index in [0.717, 1.165) is 11.4 Å². The minimum absolute atomic E-state index is 0.102. The molecule has 9 heteroatoms. The topological polar surface area (TPSA) is 71.7 Å². The van der Waals surface area contributed by atoms with E-state index in [9.17, 15) is 18.3 Å². The Balaban J connectivity index is 2.55. The molecule has 6 nitrogen and oxygen atoms in total. The third-order valence-electron chi connectivity index (χ3n) is 3.20. The second-order valence-electron chi connectivity index (χ2n) is 5.65. The fourth-order valence-corrected chi connectivity index (χ4v) is 1.99. The van der Waals surface area contributed by atoms with Crippen LogP contribution in [0, 0.1) is 0 Å². The minimum atomic E-state index is -4.49. The predicted molar refractivity (Wildman–Crippen MR) is 78.5 cm³/mol. The Bertz CT molecular complexity index is 692. The van der Waals surface area contributed by atoms with Crippen LogP contribution in [-0.2, 0) is 5.60 Å². The molecule has 128 valence electrons. The van der Waals surface area contributed by atoms with Crippen LogP contribution < -0.4 is 10.1 Å². The van der Waals surface area contributed by atoms with Gasteiger partial charge in [0.1, 0.15) is 0 Å². The van der Waals surface area contributed by atoms with Crippen molar-refractivity contribution in [2.24, 2.45) is 0 Å². The van der Waals surface area contributed by atoms with Gasteiger partial charge >= 0.3 is 6.18 Å². The fourth-order valence-electron chi connectivity index (χ4n) is 1.99. The summed E-state index contributed by atoms with van der Waals surface area (Å²) in [5.74, 6) is 0.142. The van der Waals surface area contributed by atoms with E-state index in [0.29, 0.717) is 12.1 Å². The summed E-state index contributed by atoms with van der Waals surface area (Å²) in [6.07, 6.45) is -6.49. The first kappa shape index (κ1) is 17.3. The molecular weight excluding hydrogens is 313 g/mol. The zero-order valence-corrected chi connectivity index (χ0v) is 13.3. The van der Waals surface area contributed by atoms with E-state index >= 15 is 0 Å². The number of hydrogen-bond acceptors (Lipinski definition) is 5. The van der Waals surface area contributed by atoms with E-state index in [1.54, 1.807) is 13.8 Å². The van der Waals surface area contributed by atoms with Gasteiger partial charge in [-0.25, -0.2) is 0 Å². The molecule has 0 unspecified atom stereocenters. The average molecular weight is 332 g/mol. The van der Waals surface area contributed by atoms with Crippen molar-refractivity contribution >= 4 is 11.6 Å². The Hall–Kier alpha value is -2.03. The summed E-state index contributed by atoms with van der Waals surface area (Å²) in [5, 5.41) is 17.2. The van der Waals surface area contributed by atoms with Crippen molar-refractivity contribution in [2.75, 3.05) is 11.9 Å². The molecular formula is C14H19F3N4O2. The summed E-state index contributed by atoms with van der Waals surface area (Å²) < 4.78 is 44.3. The second-order valence-corrected chi connectivity index (χ2v) is 5.65. The minimum Gasteiger partial charge on any atom is -0.465 e. The number of ether oxygens (including phenoxy) is 1. The molecule has 0 saturated carbocycles. The first-order valence-corrected chi connectivity index (χ1v) is 7.14. The lowest BCUT2D eigenvalue weighted by molar-refractivity contribution is -0.190. The number of pyridine rings is 1. The van der Waals surface area contributed by atoms with Crippen LogP contribution in [0.25, 0.3) is 5.65 Å². The lowest BCUT2D eigenvalue weighted by atomic mass is 10.00. The summed E-state index contributed by atoms with van der Waals surface area (Å²) in [5.41, 5.74) is -0.562. The molecule has 0 saturated heterocycles. The van der Waals surface area contributed by atoms with Gasteiger partial charge in [-0.05, 0) is 33.8 Å². The van der Waals surface area contributed by atoms with Crippen molar-refractivity contribution in [3.05, 3.63) is 17.7 Å². The van der Waals surface area contributed by atoms with E-state index in [4.69, 9.17) is 4.74 Å². The van der Waals surface area contributed by atoms with Crippen LogP contribution in [0.2, 0.25) is 0 Å². The van der Waals surface area contributed by atoms with Crippen LogP contribution in [0.15, 0.2) is 12.1 Å². The lowest BCUT2D eigenvalue weighted by Gasteiger charge is -2.21. The van der Waals surface area contributed by atoms with E-state index < -0.39 is 17.9 Å². The summed E-state index contributed by atoms with van der Waals surface area (Å²) in [7, 11) is 0. The van der Waals surface area contributed by atoms with Gasteiger partial charge in [0.2, 0.25) is 11.8 Å². The van der Waals surface area contributed by atoms with Crippen LogP contribution in [0.5, 0.6) is 5.88 Å². The Morgan fingerprint density at radius 2 is 2.00 bits per heavy atom. The van der Waals surface area contributed by atoms with Crippen molar-refractivity contribution in [2.45, 2.75) is 45.6 Å². The molecule has 2 aromatic rings. The number of anilines is 1. The Labute approximate surface area is 131 Å². The molecule has 1 atom stereocenters. The Morgan fingerprint density at radius 3 is 2.52 bits per heavy atom. The third kappa shape index (κ3) is 3.66. The van der Waals surface area contributed by atoms with Crippen molar-refractivity contribution in [1.29, 1.82) is 0 Å². The summed E-state index contributed by atoms with van der Waals surface area (Å²) in [4.78, 5) is 4.22. The molecule has 0 spiro atoms. The second kappa shape index (κ2) is 5.88. The number of aliphatic hydroxyl groups is 1. The predicted octanol–water partition coefficient (Wildman–Crippen LogP) is 2.72. The highest BCUT2D eigenvalue weighted by atomic mass is 19.4. The molecule has 0 aliphatic carbocycles. The maximum Gasteiger partial charge on any atom is 0.425 e. The van der Waals surface area contributed by atoms with Gasteiger partial charge in [-0.1, -0.05) is 0 Å². The molecule has 0 radical (unpaired) electrons. The molecule has 2 heterocycles. The molecule has 2 N–H and O–H groups in total. The molecule has 0 fully saturated rings. The SMILES string of the molecule is CCNc1nc2c(C(C)(C)O)ccc(O[C@@H](C)C(F)(F)F)n2n1. The zero-order chi connectivity index (χ0) is 17.4. The Morgan fingerprint density at radius 1 is 1.35 bits per heavy atom. The monoisotopic (exact) mass is 332 g/mol. The van der Waals surface area contributed by atoms with E-state index in [1.807, 2.05) is 6.92 Å². The van der Waals surface area contributed by atoms with Crippen LogP contribution >= 0.6 is 0 Å². The number of rotatable bonds is 5. The normalized spacial score (nSPS) is 14.1. The molecule has 2 aromatic heterocycles. The number of nitrogens with zero attached hydrogens (tertiary/aromatic N) is 3. The van der Waals surface area contributed by atoms with Crippen LogP contribution in [0.1, 0.15) is 33.3 Å². The molecule has 0 aliphatic rings. The van der Waals surface area contributed by atoms with Crippen molar-refractivity contribution < 1.29 is 23.0 Å². The van der Waals surface area contributed by atoms with Crippen molar-refractivity contribution in [3.8, 4) is 5.88 Å². The van der Waals surface area contributed by atoms with Gasteiger partial charge in [-0.2, -0.15) is 22.7 Å². The highest BCUT2D eigenvalue weighted by Gasteiger charge is 2.38. The molecule has 23 heavy (non-hydrogen) atoms. The maximum atomic E-state index is 12.7. The smallest absolute Gasteiger partial charge is 0.425 e. The highest BCUT2D eigenvalue weighted by molar-refractivity contribution is 5.55. The van der Waals surface area contributed by atoms with Gasteiger partial charge < -0.3 is 15.2 Å². The summed E-state index contributed by atoms with van der Waals surface area (Å²) >= 11 is 0. The summed E-state index contributed by atoms with van der Waals surface area (Å²) in [6, 6.07) is 2.82. The molecule has 0 aromatic carbocycles. The van der Waals surface area contributed by atoms with E-state index in [-0.39, 0.29) is 17.5 Å². The largest absolute Gasteiger partial charge is 0.465 e. The van der Waals surface area contributed by atoms with Gasteiger partial charge in [-0.3, -0.25) is 0 Å². The van der Waals surface area contributed by atoms with Gasteiger partial charge in [0.05, 0.1) is 5.60 Å². The first-order valence-electron chi connectivity index (χ1n) is 7.14. The quantitative estimate of drug-likeness (QED) is 0.881.